The Hall–Kier alpha value is -2.02. The molecule has 1 heterocycles. The van der Waals surface area contributed by atoms with Crippen LogP contribution in [0.1, 0.15) is 11.1 Å². The van der Waals surface area contributed by atoms with Gasteiger partial charge in [0.2, 0.25) is 0 Å². The number of hydrogen-bond donors (Lipinski definition) is 0. The molecule has 6 heteroatoms. The lowest BCUT2D eigenvalue weighted by molar-refractivity contribution is 0.592. The minimum Gasteiger partial charge on any atom is -0.260 e. The van der Waals surface area contributed by atoms with Crippen LogP contribution < -0.4 is 4.31 Å². The van der Waals surface area contributed by atoms with Crippen LogP contribution in [0.25, 0.3) is 4.48 Å². The molecule has 1 aliphatic heterocycles. The Balaban J connectivity index is 1.83. The molecule has 0 radical (unpaired) electrons. The molecule has 3 aromatic rings. The van der Waals surface area contributed by atoms with E-state index in [0.29, 0.717) is 10.6 Å². The van der Waals surface area contributed by atoms with E-state index in [2.05, 4.69) is 15.9 Å². The molecule has 3 nitrogen and oxygen atoms in total. The molecule has 1 aliphatic rings. The highest BCUT2D eigenvalue weighted by atomic mass is 79.9. The Morgan fingerprint density at radius 2 is 1.57 bits per heavy atom. The average molecular weight is 472 g/mol. The molecule has 28 heavy (non-hydrogen) atoms. The van der Waals surface area contributed by atoms with Gasteiger partial charge in [-0.2, -0.15) is 0 Å². The summed E-state index contributed by atoms with van der Waals surface area (Å²) >= 11 is 5.30. The summed E-state index contributed by atoms with van der Waals surface area (Å²) in [7, 11) is -3.68. The molecular weight excluding hydrogens is 454 g/mol. The summed E-state index contributed by atoms with van der Waals surface area (Å²) in [5.74, 6) is 0. The van der Waals surface area contributed by atoms with Gasteiger partial charge >= 0.3 is 0 Å². The molecule has 0 fully saturated rings. The molecule has 0 spiro atoms. The van der Waals surface area contributed by atoms with Gasteiger partial charge in [-0.1, -0.05) is 71.9 Å². The number of rotatable bonds is 3. The van der Waals surface area contributed by atoms with E-state index in [-0.39, 0.29) is 6.54 Å². The van der Waals surface area contributed by atoms with Crippen LogP contribution in [-0.2, 0) is 10.0 Å². The topological polar surface area (TPSA) is 37.4 Å². The first-order valence-corrected chi connectivity index (χ1v) is 11.8. The second kappa shape index (κ2) is 7.78. The van der Waals surface area contributed by atoms with Crippen molar-refractivity contribution in [3.8, 4) is 0 Å². The minimum absolute atomic E-state index is 0.285. The summed E-state index contributed by atoms with van der Waals surface area (Å²) in [6, 6.07) is 24.6. The van der Waals surface area contributed by atoms with Gasteiger partial charge in [-0.05, 0) is 52.7 Å². The number of para-hydroxylation sites is 1. The first-order valence-electron chi connectivity index (χ1n) is 8.77. The number of fused-ring (bicyclic) bond motifs is 1. The van der Waals surface area contributed by atoms with E-state index in [1.807, 2.05) is 73.7 Å². The SMILES string of the molecule is Cc1ccc(S(=O)(=O)N2C/C(=C(\Br)c3ccccc3)Sc3ccccc32)cc1. The summed E-state index contributed by atoms with van der Waals surface area (Å²) < 4.78 is 29.3. The number of hydrogen-bond acceptors (Lipinski definition) is 3. The van der Waals surface area contributed by atoms with Crippen molar-refractivity contribution in [1.82, 2.24) is 0 Å². The number of nitrogens with zero attached hydrogens (tertiary/aromatic N) is 1. The molecule has 142 valence electrons. The fourth-order valence-electron chi connectivity index (χ4n) is 3.04. The Morgan fingerprint density at radius 1 is 0.929 bits per heavy atom. The van der Waals surface area contributed by atoms with Crippen molar-refractivity contribution in [3.05, 3.63) is 94.9 Å². The predicted molar refractivity (Wildman–Crippen MR) is 120 cm³/mol. The number of benzene rings is 3. The van der Waals surface area contributed by atoms with E-state index in [9.17, 15) is 8.42 Å². The lowest BCUT2D eigenvalue weighted by Gasteiger charge is -2.32. The highest BCUT2D eigenvalue weighted by molar-refractivity contribution is 9.15. The Labute approximate surface area is 178 Å². The molecule has 0 saturated heterocycles. The number of halogens is 1. The van der Waals surface area contributed by atoms with E-state index < -0.39 is 10.0 Å². The zero-order valence-electron chi connectivity index (χ0n) is 15.2. The monoisotopic (exact) mass is 471 g/mol. The van der Waals surface area contributed by atoms with Crippen molar-refractivity contribution >= 4 is 47.9 Å². The van der Waals surface area contributed by atoms with Crippen LogP contribution >= 0.6 is 27.7 Å². The van der Waals surface area contributed by atoms with Crippen molar-refractivity contribution in [2.45, 2.75) is 16.7 Å². The fourth-order valence-corrected chi connectivity index (χ4v) is 6.36. The zero-order valence-corrected chi connectivity index (χ0v) is 18.4. The smallest absolute Gasteiger partial charge is 0.260 e. The van der Waals surface area contributed by atoms with Gasteiger partial charge in [-0.3, -0.25) is 4.31 Å². The maximum Gasteiger partial charge on any atom is 0.264 e. The van der Waals surface area contributed by atoms with Gasteiger partial charge in [0.05, 0.1) is 17.1 Å². The van der Waals surface area contributed by atoms with Crippen LogP contribution in [-0.4, -0.2) is 15.0 Å². The normalized spacial score (nSPS) is 15.9. The molecule has 0 aliphatic carbocycles. The summed E-state index contributed by atoms with van der Waals surface area (Å²) in [4.78, 5) is 2.18. The molecule has 0 aromatic heterocycles. The molecule has 4 rings (SSSR count). The Morgan fingerprint density at radius 3 is 2.29 bits per heavy atom. The first kappa shape index (κ1) is 19.3. The summed E-state index contributed by atoms with van der Waals surface area (Å²) in [6.07, 6.45) is 0. The molecule has 0 saturated carbocycles. The molecule has 0 unspecified atom stereocenters. The Kier molecular flexibility index (Phi) is 5.36. The molecule has 3 aromatic carbocycles. The van der Waals surface area contributed by atoms with Gasteiger partial charge in [0.15, 0.2) is 0 Å². The van der Waals surface area contributed by atoms with Crippen molar-refractivity contribution in [1.29, 1.82) is 0 Å². The number of aryl methyl sites for hydroxylation is 1. The van der Waals surface area contributed by atoms with Gasteiger partial charge in [-0.25, -0.2) is 8.42 Å². The maximum atomic E-state index is 13.4. The predicted octanol–water partition coefficient (Wildman–Crippen LogP) is 6.06. The Bertz CT molecular complexity index is 1140. The number of sulfonamides is 1. The zero-order chi connectivity index (χ0) is 19.7. The van der Waals surface area contributed by atoms with Gasteiger partial charge in [0.25, 0.3) is 10.0 Å². The largest absolute Gasteiger partial charge is 0.264 e. The van der Waals surface area contributed by atoms with E-state index in [4.69, 9.17) is 0 Å². The van der Waals surface area contributed by atoms with Crippen LogP contribution in [0, 0.1) is 6.92 Å². The van der Waals surface area contributed by atoms with Gasteiger partial charge in [-0.15, -0.1) is 0 Å². The third kappa shape index (κ3) is 3.64. The summed E-state index contributed by atoms with van der Waals surface area (Å²) in [5.41, 5.74) is 2.77. The summed E-state index contributed by atoms with van der Waals surface area (Å²) in [6.45, 7) is 2.23. The molecule has 0 N–H and O–H groups in total. The number of thioether (sulfide) groups is 1. The van der Waals surface area contributed by atoms with Crippen molar-refractivity contribution in [3.63, 3.8) is 0 Å². The lowest BCUT2D eigenvalue weighted by Crippen LogP contribution is -2.34. The van der Waals surface area contributed by atoms with Crippen LogP contribution in [0.15, 0.2) is 93.6 Å². The van der Waals surface area contributed by atoms with Crippen molar-refractivity contribution in [2.75, 3.05) is 10.8 Å². The third-order valence-corrected chi connectivity index (χ3v) is 8.65. The highest BCUT2D eigenvalue weighted by Gasteiger charge is 2.32. The second-order valence-corrected chi connectivity index (χ2v) is 10.3. The van der Waals surface area contributed by atoms with E-state index >= 15 is 0 Å². The van der Waals surface area contributed by atoms with Gasteiger partial charge in [0.1, 0.15) is 0 Å². The maximum absolute atomic E-state index is 13.4. The minimum atomic E-state index is -3.68. The van der Waals surface area contributed by atoms with Crippen LogP contribution in [0.2, 0.25) is 0 Å². The van der Waals surface area contributed by atoms with Gasteiger partial charge < -0.3 is 0 Å². The average Bonchev–Trinajstić information content (AvgIpc) is 2.73. The molecule has 0 bridgehead atoms. The number of anilines is 1. The fraction of sp³-hybridized carbons (Fsp3) is 0.0909. The summed E-state index contributed by atoms with van der Waals surface area (Å²) in [5, 5.41) is 0. The highest BCUT2D eigenvalue weighted by Crippen LogP contribution is 2.46. The van der Waals surface area contributed by atoms with Gasteiger partial charge in [0, 0.05) is 14.3 Å². The quantitative estimate of drug-likeness (QED) is 0.465. The molecule has 0 atom stereocenters. The van der Waals surface area contributed by atoms with E-state index in [1.165, 1.54) is 4.31 Å². The van der Waals surface area contributed by atoms with E-state index in [1.54, 1.807) is 23.9 Å². The second-order valence-electron chi connectivity index (χ2n) is 6.50. The van der Waals surface area contributed by atoms with Crippen LogP contribution in [0.3, 0.4) is 0 Å². The van der Waals surface area contributed by atoms with Crippen LogP contribution in [0.4, 0.5) is 5.69 Å². The first-order chi connectivity index (χ1) is 13.5. The standard InChI is InChI=1S/C22H18BrNO2S2/c1-16-11-13-18(14-12-16)28(25,26)24-15-21(22(23)17-7-3-2-4-8-17)27-20-10-6-5-9-19(20)24/h2-14H,15H2,1H3/b22-21+. The van der Waals surface area contributed by atoms with Crippen LogP contribution in [0.5, 0.6) is 0 Å². The lowest BCUT2D eigenvalue weighted by atomic mass is 10.2. The molecule has 0 amide bonds. The third-order valence-electron chi connectivity index (χ3n) is 4.54. The molecular formula is C22H18BrNO2S2. The van der Waals surface area contributed by atoms with Crippen molar-refractivity contribution < 1.29 is 8.42 Å². The van der Waals surface area contributed by atoms with E-state index in [0.717, 1.165) is 25.4 Å². The van der Waals surface area contributed by atoms with Crippen molar-refractivity contribution in [2.24, 2.45) is 0 Å².